The molecule has 0 spiro atoms. The average Bonchev–Trinajstić information content (AvgIpc) is 2.63. The molecule has 0 aliphatic heterocycles. The number of carbonyl (C=O) groups excluding carboxylic acids is 1. The van der Waals surface area contributed by atoms with Crippen LogP contribution in [0.15, 0.2) is 0 Å². The molecule has 1 heterocycles. The summed E-state index contributed by atoms with van der Waals surface area (Å²) in [7, 11) is -4.62. The zero-order chi connectivity index (χ0) is 13.4. The molecule has 0 aliphatic rings. The van der Waals surface area contributed by atoms with Gasteiger partial charge in [-0.2, -0.15) is 8.78 Å². The Balaban J connectivity index is 0.00000289. The molecule has 0 aliphatic carbocycles. The first-order valence-corrected chi connectivity index (χ1v) is 6.21. The van der Waals surface area contributed by atoms with Crippen LogP contribution < -0.4 is 34.5 Å². The Labute approximate surface area is 127 Å². The van der Waals surface area contributed by atoms with Crippen LogP contribution in [0, 0.1) is 0 Å². The van der Waals surface area contributed by atoms with Gasteiger partial charge in [-0.05, 0) is 0 Å². The Morgan fingerprint density at radius 2 is 1.94 bits per heavy atom. The summed E-state index contributed by atoms with van der Waals surface area (Å²) in [6, 6.07) is 0. The SMILES string of the molecule is CC(=O)N(C)c1nnc(C(F)(F)S(=O)(=O)[O-])s1.[Na+]. The summed E-state index contributed by atoms with van der Waals surface area (Å²) in [6.45, 7) is 1.16. The van der Waals surface area contributed by atoms with Crippen LogP contribution in [0.2, 0.25) is 0 Å². The van der Waals surface area contributed by atoms with Crippen molar-refractivity contribution >= 4 is 32.5 Å². The molecular weight excluding hydrogens is 303 g/mol. The summed E-state index contributed by atoms with van der Waals surface area (Å²) in [5.74, 6) is -0.499. The maximum absolute atomic E-state index is 13.0. The van der Waals surface area contributed by atoms with Gasteiger partial charge in [-0.3, -0.25) is 9.69 Å². The average molecular weight is 309 g/mol. The van der Waals surface area contributed by atoms with Crippen molar-refractivity contribution < 1.29 is 56.1 Å². The summed E-state index contributed by atoms with van der Waals surface area (Å²) in [5, 5.41) is -0.0356. The standard InChI is InChI=1S/C6H7F2N3O4S2.Na/c1-3(12)11(2)5-10-9-4(16-5)6(7,8)17(13,14)15;/h1-2H3,(H,13,14,15);/q;+1/p-1. The van der Waals surface area contributed by atoms with E-state index < -0.39 is 26.3 Å². The molecule has 12 heteroatoms. The smallest absolute Gasteiger partial charge is 0.743 e. The van der Waals surface area contributed by atoms with E-state index in [1.165, 1.54) is 7.05 Å². The third kappa shape index (κ3) is 3.42. The predicted octanol–water partition coefficient (Wildman–Crippen LogP) is -2.88. The van der Waals surface area contributed by atoms with Crippen molar-refractivity contribution in [3.8, 4) is 0 Å². The van der Waals surface area contributed by atoms with E-state index in [1.54, 1.807) is 0 Å². The minimum absolute atomic E-state index is 0. The second-order valence-corrected chi connectivity index (χ2v) is 5.32. The van der Waals surface area contributed by atoms with Crippen LogP contribution in [0.4, 0.5) is 13.9 Å². The predicted molar refractivity (Wildman–Crippen MR) is 52.6 cm³/mol. The Morgan fingerprint density at radius 1 is 1.44 bits per heavy atom. The molecule has 1 aromatic heterocycles. The van der Waals surface area contributed by atoms with Crippen LogP contribution in [0.1, 0.15) is 11.9 Å². The number of amides is 1. The zero-order valence-electron chi connectivity index (χ0n) is 9.55. The minimum atomic E-state index is -5.87. The van der Waals surface area contributed by atoms with E-state index in [9.17, 15) is 26.5 Å². The number of hydrogen-bond donors (Lipinski definition) is 0. The van der Waals surface area contributed by atoms with Gasteiger partial charge in [-0.1, -0.05) is 11.3 Å². The third-order valence-electron chi connectivity index (χ3n) is 1.74. The molecule has 7 nitrogen and oxygen atoms in total. The van der Waals surface area contributed by atoms with Crippen molar-refractivity contribution in [3.63, 3.8) is 0 Å². The molecule has 0 fully saturated rings. The van der Waals surface area contributed by atoms with Crippen LogP contribution >= 0.6 is 11.3 Å². The summed E-state index contributed by atoms with van der Waals surface area (Å²) in [5.41, 5.74) is 0. The van der Waals surface area contributed by atoms with Crippen molar-refractivity contribution in [2.24, 2.45) is 0 Å². The normalized spacial score (nSPS) is 11.8. The van der Waals surface area contributed by atoms with Crippen LogP contribution in [0.5, 0.6) is 0 Å². The van der Waals surface area contributed by atoms with Gasteiger partial charge in [-0.25, -0.2) is 8.42 Å². The molecular formula is C6H6F2N3NaO4S2. The second-order valence-electron chi connectivity index (χ2n) is 2.94. The van der Waals surface area contributed by atoms with Gasteiger partial charge >= 0.3 is 34.8 Å². The maximum atomic E-state index is 13.0. The first kappa shape index (κ1) is 17.8. The van der Waals surface area contributed by atoms with Gasteiger partial charge in [0.15, 0.2) is 10.1 Å². The van der Waals surface area contributed by atoms with Gasteiger partial charge in [0.2, 0.25) is 16.0 Å². The number of rotatable bonds is 3. The monoisotopic (exact) mass is 309 g/mol. The van der Waals surface area contributed by atoms with Crippen molar-refractivity contribution in [2.45, 2.75) is 12.2 Å². The van der Waals surface area contributed by atoms with Gasteiger partial charge in [-0.15, -0.1) is 10.2 Å². The Kier molecular flexibility index (Phi) is 5.77. The van der Waals surface area contributed by atoms with Crippen LogP contribution in [-0.4, -0.2) is 36.1 Å². The van der Waals surface area contributed by atoms with Gasteiger partial charge in [0, 0.05) is 14.0 Å². The Morgan fingerprint density at radius 3 is 2.33 bits per heavy atom. The van der Waals surface area contributed by atoms with Crippen molar-refractivity contribution in [1.82, 2.24) is 10.2 Å². The Hall–Kier alpha value is -0.200. The van der Waals surface area contributed by atoms with Crippen LogP contribution in [-0.2, 0) is 20.2 Å². The molecule has 0 bridgehead atoms. The summed E-state index contributed by atoms with van der Waals surface area (Å²) >= 11 is 0.157. The fraction of sp³-hybridized carbons (Fsp3) is 0.500. The Bertz CT molecular complexity index is 547. The topological polar surface area (TPSA) is 103 Å². The summed E-state index contributed by atoms with van der Waals surface area (Å²) < 4.78 is 57.0. The number of hydrogen-bond acceptors (Lipinski definition) is 7. The molecule has 0 aromatic carbocycles. The molecule has 0 saturated carbocycles. The van der Waals surface area contributed by atoms with Gasteiger partial charge in [0.05, 0.1) is 0 Å². The molecule has 0 unspecified atom stereocenters. The number of carbonyl (C=O) groups is 1. The second kappa shape index (κ2) is 5.84. The first-order chi connectivity index (χ1) is 7.57. The molecule has 0 atom stereocenters. The molecule has 1 rings (SSSR count). The molecule has 1 amide bonds. The van der Waals surface area contributed by atoms with Crippen molar-refractivity contribution in [2.75, 3.05) is 11.9 Å². The van der Waals surface area contributed by atoms with E-state index in [0.717, 1.165) is 11.8 Å². The number of halogens is 2. The maximum Gasteiger partial charge on any atom is 1.00 e. The molecule has 0 radical (unpaired) electrons. The van der Waals surface area contributed by atoms with E-state index in [-0.39, 0.29) is 46.0 Å². The quantitative estimate of drug-likeness (QED) is 0.439. The largest absolute Gasteiger partial charge is 1.00 e. The fourth-order valence-corrected chi connectivity index (χ4v) is 2.12. The summed E-state index contributed by atoms with van der Waals surface area (Å²) in [4.78, 5) is 11.8. The molecule has 0 N–H and O–H groups in total. The molecule has 96 valence electrons. The number of anilines is 1. The molecule has 0 saturated heterocycles. The summed E-state index contributed by atoms with van der Waals surface area (Å²) in [6.07, 6.45) is 0. The van der Waals surface area contributed by atoms with Crippen molar-refractivity contribution in [3.05, 3.63) is 5.01 Å². The third-order valence-corrected chi connectivity index (χ3v) is 3.76. The van der Waals surface area contributed by atoms with Gasteiger partial charge < -0.3 is 4.55 Å². The number of nitrogens with zero attached hydrogens (tertiary/aromatic N) is 3. The number of alkyl halides is 2. The van der Waals surface area contributed by atoms with Crippen LogP contribution in [0.25, 0.3) is 0 Å². The number of aromatic nitrogens is 2. The first-order valence-electron chi connectivity index (χ1n) is 3.99. The minimum Gasteiger partial charge on any atom is -0.743 e. The van der Waals surface area contributed by atoms with E-state index in [1.807, 2.05) is 0 Å². The molecule has 18 heavy (non-hydrogen) atoms. The van der Waals surface area contributed by atoms with E-state index >= 15 is 0 Å². The van der Waals surface area contributed by atoms with E-state index in [0.29, 0.717) is 0 Å². The molecule has 1 aromatic rings. The van der Waals surface area contributed by atoms with E-state index in [2.05, 4.69) is 10.2 Å². The van der Waals surface area contributed by atoms with E-state index in [4.69, 9.17) is 0 Å². The van der Waals surface area contributed by atoms with Gasteiger partial charge in [0.25, 0.3) is 0 Å². The van der Waals surface area contributed by atoms with Crippen LogP contribution in [0.3, 0.4) is 0 Å². The van der Waals surface area contributed by atoms with Gasteiger partial charge in [0.1, 0.15) is 0 Å². The van der Waals surface area contributed by atoms with Crippen molar-refractivity contribution in [1.29, 1.82) is 0 Å². The zero-order valence-corrected chi connectivity index (χ0v) is 13.2. The fourth-order valence-electron chi connectivity index (χ4n) is 0.710.